The average Bonchev–Trinajstić information content (AvgIpc) is 2.30. The third-order valence-corrected chi connectivity index (χ3v) is 2.79. The highest BCUT2D eigenvalue weighted by atomic mass is 79.9. The summed E-state index contributed by atoms with van der Waals surface area (Å²) >= 11 is 3.43. The Bertz CT molecular complexity index is 342. The van der Waals surface area contributed by atoms with E-state index in [1.54, 1.807) is 0 Å². The van der Waals surface area contributed by atoms with Crippen LogP contribution in [-0.2, 0) is 4.74 Å². The molecule has 96 valence electrons. The Labute approximate surface area is 111 Å². The van der Waals surface area contributed by atoms with Crippen LogP contribution in [0.1, 0.15) is 31.9 Å². The van der Waals surface area contributed by atoms with Crippen molar-refractivity contribution in [1.82, 2.24) is 0 Å². The molecule has 0 heterocycles. The molecule has 1 aromatic rings. The van der Waals surface area contributed by atoms with Crippen molar-refractivity contribution in [2.24, 2.45) is 5.73 Å². The first-order chi connectivity index (χ1) is 8.15. The van der Waals surface area contributed by atoms with Gasteiger partial charge in [0.05, 0.1) is 6.61 Å². The van der Waals surface area contributed by atoms with Gasteiger partial charge in [-0.25, -0.2) is 0 Å². The number of hydrogen-bond donors (Lipinski definition) is 1. The minimum Gasteiger partial charge on any atom is -0.491 e. The summed E-state index contributed by atoms with van der Waals surface area (Å²) in [6, 6.07) is 5.84. The SMILES string of the molecule is CCCOCCOc1ccc(Br)cc1[C@@H](C)N. The molecule has 1 atom stereocenters. The van der Waals surface area contributed by atoms with Crippen molar-refractivity contribution in [3.63, 3.8) is 0 Å². The first-order valence-corrected chi connectivity index (χ1v) is 6.70. The van der Waals surface area contributed by atoms with E-state index in [1.807, 2.05) is 25.1 Å². The van der Waals surface area contributed by atoms with E-state index in [1.165, 1.54) is 0 Å². The van der Waals surface area contributed by atoms with Gasteiger partial charge < -0.3 is 15.2 Å². The molecule has 1 aromatic carbocycles. The summed E-state index contributed by atoms with van der Waals surface area (Å²) in [5.74, 6) is 0.836. The lowest BCUT2D eigenvalue weighted by molar-refractivity contribution is 0.100. The van der Waals surface area contributed by atoms with Gasteiger partial charge in [0.2, 0.25) is 0 Å². The topological polar surface area (TPSA) is 44.5 Å². The molecule has 0 saturated carbocycles. The van der Waals surface area contributed by atoms with Crippen molar-refractivity contribution >= 4 is 15.9 Å². The maximum Gasteiger partial charge on any atom is 0.124 e. The van der Waals surface area contributed by atoms with Gasteiger partial charge in [0.25, 0.3) is 0 Å². The van der Waals surface area contributed by atoms with Gasteiger partial charge in [-0.15, -0.1) is 0 Å². The van der Waals surface area contributed by atoms with Crippen molar-refractivity contribution in [3.8, 4) is 5.75 Å². The molecule has 0 saturated heterocycles. The van der Waals surface area contributed by atoms with Crippen molar-refractivity contribution in [1.29, 1.82) is 0 Å². The lowest BCUT2D eigenvalue weighted by Crippen LogP contribution is -2.11. The fraction of sp³-hybridized carbons (Fsp3) is 0.538. The molecule has 1 rings (SSSR count). The maximum absolute atomic E-state index is 5.90. The van der Waals surface area contributed by atoms with Gasteiger partial charge in [0.1, 0.15) is 12.4 Å². The second kappa shape index (κ2) is 7.69. The molecule has 17 heavy (non-hydrogen) atoms. The van der Waals surface area contributed by atoms with Crippen LogP contribution >= 0.6 is 15.9 Å². The Hall–Kier alpha value is -0.580. The zero-order valence-electron chi connectivity index (χ0n) is 10.4. The Kier molecular flexibility index (Phi) is 6.55. The molecule has 3 nitrogen and oxygen atoms in total. The van der Waals surface area contributed by atoms with Gasteiger partial charge in [-0.2, -0.15) is 0 Å². The highest BCUT2D eigenvalue weighted by Gasteiger charge is 2.08. The largest absolute Gasteiger partial charge is 0.491 e. The molecule has 0 aliphatic heterocycles. The average molecular weight is 302 g/mol. The number of halogens is 1. The van der Waals surface area contributed by atoms with E-state index in [2.05, 4.69) is 22.9 Å². The number of benzene rings is 1. The van der Waals surface area contributed by atoms with Gasteiger partial charge in [-0.05, 0) is 31.5 Å². The highest BCUT2D eigenvalue weighted by molar-refractivity contribution is 9.10. The van der Waals surface area contributed by atoms with Crippen LogP contribution in [0.5, 0.6) is 5.75 Å². The molecule has 2 N–H and O–H groups in total. The van der Waals surface area contributed by atoms with Crippen molar-refractivity contribution < 1.29 is 9.47 Å². The molecule has 0 bridgehead atoms. The number of ether oxygens (including phenoxy) is 2. The summed E-state index contributed by atoms with van der Waals surface area (Å²) in [5, 5.41) is 0. The molecule has 0 fully saturated rings. The Balaban J connectivity index is 2.52. The Morgan fingerprint density at radius 1 is 1.29 bits per heavy atom. The van der Waals surface area contributed by atoms with Crippen LogP contribution in [0.2, 0.25) is 0 Å². The molecule has 4 heteroatoms. The van der Waals surface area contributed by atoms with Crippen LogP contribution in [0, 0.1) is 0 Å². The smallest absolute Gasteiger partial charge is 0.124 e. The van der Waals surface area contributed by atoms with Gasteiger partial charge >= 0.3 is 0 Å². The summed E-state index contributed by atoms with van der Waals surface area (Å²) in [6.45, 7) is 5.99. The second-order valence-corrected chi connectivity index (χ2v) is 4.85. The van der Waals surface area contributed by atoms with Gasteiger partial charge in [-0.3, -0.25) is 0 Å². The highest BCUT2D eigenvalue weighted by Crippen LogP contribution is 2.27. The minimum atomic E-state index is -0.0425. The lowest BCUT2D eigenvalue weighted by Gasteiger charge is -2.14. The van der Waals surface area contributed by atoms with Crippen molar-refractivity contribution in [2.75, 3.05) is 19.8 Å². The molecule has 0 aliphatic rings. The van der Waals surface area contributed by atoms with E-state index in [-0.39, 0.29) is 6.04 Å². The van der Waals surface area contributed by atoms with E-state index in [0.29, 0.717) is 13.2 Å². The summed E-state index contributed by atoms with van der Waals surface area (Å²) in [7, 11) is 0. The maximum atomic E-state index is 5.90. The monoisotopic (exact) mass is 301 g/mol. The molecular formula is C13H20BrNO2. The first-order valence-electron chi connectivity index (χ1n) is 5.90. The third-order valence-electron chi connectivity index (χ3n) is 2.30. The standard InChI is InChI=1S/C13H20BrNO2/c1-3-6-16-7-8-17-13-5-4-11(14)9-12(13)10(2)15/h4-5,9-10H,3,6-8,15H2,1-2H3/t10-/m1/s1. The molecule has 0 amide bonds. The minimum absolute atomic E-state index is 0.0425. The van der Waals surface area contributed by atoms with Crippen LogP contribution in [0.15, 0.2) is 22.7 Å². The van der Waals surface area contributed by atoms with Gasteiger partial charge in [-0.1, -0.05) is 22.9 Å². The third kappa shape index (κ3) is 5.06. The summed E-state index contributed by atoms with van der Waals surface area (Å²) < 4.78 is 12.1. The first kappa shape index (κ1) is 14.5. The van der Waals surface area contributed by atoms with E-state index >= 15 is 0 Å². The molecule has 0 aromatic heterocycles. The Morgan fingerprint density at radius 2 is 2.06 bits per heavy atom. The normalized spacial score (nSPS) is 12.5. The van der Waals surface area contributed by atoms with Crippen LogP contribution in [0.25, 0.3) is 0 Å². The quantitative estimate of drug-likeness (QED) is 0.786. The van der Waals surface area contributed by atoms with E-state index in [0.717, 1.165) is 28.8 Å². The summed E-state index contributed by atoms with van der Waals surface area (Å²) in [6.07, 6.45) is 1.03. The summed E-state index contributed by atoms with van der Waals surface area (Å²) in [4.78, 5) is 0. The molecule has 0 radical (unpaired) electrons. The molecular weight excluding hydrogens is 282 g/mol. The van der Waals surface area contributed by atoms with E-state index in [9.17, 15) is 0 Å². The molecule has 0 aliphatic carbocycles. The number of rotatable bonds is 7. The fourth-order valence-electron chi connectivity index (χ4n) is 1.46. The summed E-state index contributed by atoms with van der Waals surface area (Å²) in [5.41, 5.74) is 6.91. The zero-order valence-corrected chi connectivity index (χ0v) is 12.0. The fourth-order valence-corrected chi connectivity index (χ4v) is 1.84. The van der Waals surface area contributed by atoms with Gasteiger partial charge in [0.15, 0.2) is 0 Å². The number of hydrogen-bond acceptors (Lipinski definition) is 3. The van der Waals surface area contributed by atoms with Crippen molar-refractivity contribution in [3.05, 3.63) is 28.2 Å². The van der Waals surface area contributed by atoms with E-state index in [4.69, 9.17) is 15.2 Å². The van der Waals surface area contributed by atoms with Crippen LogP contribution in [0.3, 0.4) is 0 Å². The molecule has 0 spiro atoms. The van der Waals surface area contributed by atoms with Crippen LogP contribution in [-0.4, -0.2) is 19.8 Å². The zero-order chi connectivity index (χ0) is 12.7. The van der Waals surface area contributed by atoms with Crippen LogP contribution in [0.4, 0.5) is 0 Å². The predicted molar refractivity (Wildman–Crippen MR) is 73.3 cm³/mol. The molecule has 0 unspecified atom stereocenters. The lowest BCUT2D eigenvalue weighted by atomic mass is 10.1. The van der Waals surface area contributed by atoms with Crippen LogP contribution < -0.4 is 10.5 Å². The van der Waals surface area contributed by atoms with Crippen molar-refractivity contribution in [2.45, 2.75) is 26.3 Å². The van der Waals surface area contributed by atoms with Gasteiger partial charge in [0, 0.05) is 22.7 Å². The number of nitrogens with two attached hydrogens (primary N) is 1. The Morgan fingerprint density at radius 3 is 2.71 bits per heavy atom. The second-order valence-electron chi connectivity index (χ2n) is 3.93. The predicted octanol–water partition coefficient (Wildman–Crippen LogP) is 3.27. The van der Waals surface area contributed by atoms with E-state index < -0.39 is 0 Å².